The van der Waals surface area contributed by atoms with Gasteiger partial charge < -0.3 is 5.11 Å². The van der Waals surface area contributed by atoms with E-state index < -0.39 is 0 Å². The number of phenols is 1. The Bertz CT molecular complexity index is 458. The number of phenolic OH excluding ortho intramolecular Hbond substituents is 1. The summed E-state index contributed by atoms with van der Waals surface area (Å²) in [6.45, 7) is 3.70. The van der Waals surface area contributed by atoms with Crippen LogP contribution in [0, 0.1) is 0 Å². The smallest absolute Gasteiger partial charge is 0.123 e. The number of rotatable bonds is 1. The van der Waals surface area contributed by atoms with Crippen molar-refractivity contribution in [2.45, 2.75) is 0 Å². The maximum atomic E-state index is 9.51. The van der Waals surface area contributed by atoms with Gasteiger partial charge in [-0.15, -0.1) is 0 Å². The standard InChI is InChI=1S/C12H10O/c1-2-9-6-7-11-10(8-9)4-3-5-12(11)13/h2-8,13H,1H2. The van der Waals surface area contributed by atoms with Crippen molar-refractivity contribution in [3.8, 4) is 5.75 Å². The van der Waals surface area contributed by atoms with Gasteiger partial charge in [-0.05, 0) is 23.1 Å². The van der Waals surface area contributed by atoms with E-state index in [2.05, 4.69) is 6.58 Å². The lowest BCUT2D eigenvalue weighted by atomic mass is 10.1. The van der Waals surface area contributed by atoms with Crippen LogP contribution in [0.25, 0.3) is 16.8 Å². The van der Waals surface area contributed by atoms with Crippen molar-refractivity contribution >= 4 is 16.8 Å². The molecular weight excluding hydrogens is 160 g/mol. The molecule has 0 aliphatic carbocycles. The first kappa shape index (κ1) is 7.87. The Labute approximate surface area is 76.9 Å². The van der Waals surface area contributed by atoms with Gasteiger partial charge in [0.05, 0.1) is 0 Å². The fraction of sp³-hybridized carbons (Fsp3) is 0. The van der Waals surface area contributed by atoms with E-state index in [1.165, 1.54) is 0 Å². The molecule has 0 saturated carbocycles. The number of hydrogen-bond donors (Lipinski definition) is 1. The molecule has 2 aromatic rings. The topological polar surface area (TPSA) is 20.2 Å². The summed E-state index contributed by atoms with van der Waals surface area (Å²) in [5.74, 6) is 0.327. The second-order valence-corrected chi connectivity index (χ2v) is 2.96. The van der Waals surface area contributed by atoms with Crippen LogP contribution in [-0.2, 0) is 0 Å². The monoisotopic (exact) mass is 170 g/mol. The Morgan fingerprint density at radius 1 is 1.15 bits per heavy atom. The largest absolute Gasteiger partial charge is 0.507 e. The van der Waals surface area contributed by atoms with Crippen LogP contribution in [0.1, 0.15) is 5.56 Å². The highest BCUT2D eigenvalue weighted by Gasteiger charge is 1.97. The molecule has 0 aliphatic heterocycles. The van der Waals surface area contributed by atoms with Gasteiger partial charge in [0.1, 0.15) is 5.75 Å². The zero-order chi connectivity index (χ0) is 9.26. The molecule has 0 fully saturated rings. The molecule has 0 radical (unpaired) electrons. The van der Waals surface area contributed by atoms with E-state index in [0.29, 0.717) is 5.75 Å². The third-order valence-corrected chi connectivity index (χ3v) is 2.12. The van der Waals surface area contributed by atoms with Gasteiger partial charge in [0.15, 0.2) is 0 Å². The molecule has 2 rings (SSSR count). The maximum Gasteiger partial charge on any atom is 0.123 e. The number of hydrogen-bond acceptors (Lipinski definition) is 1. The third-order valence-electron chi connectivity index (χ3n) is 2.12. The lowest BCUT2D eigenvalue weighted by molar-refractivity contribution is 0.481. The van der Waals surface area contributed by atoms with Crippen molar-refractivity contribution in [3.63, 3.8) is 0 Å². The molecule has 0 aliphatic rings. The molecule has 2 aromatic carbocycles. The molecule has 1 N–H and O–H groups in total. The van der Waals surface area contributed by atoms with E-state index in [-0.39, 0.29) is 0 Å². The number of aromatic hydroxyl groups is 1. The van der Waals surface area contributed by atoms with Crippen molar-refractivity contribution in [3.05, 3.63) is 48.5 Å². The highest BCUT2D eigenvalue weighted by molar-refractivity contribution is 5.89. The molecule has 0 saturated heterocycles. The van der Waals surface area contributed by atoms with Crippen LogP contribution in [0.2, 0.25) is 0 Å². The predicted octanol–water partition coefficient (Wildman–Crippen LogP) is 3.19. The summed E-state index contributed by atoms with van der Waals surface area (Å²) in [5.41, 5.74) is 1.07. The van der Waals surface area contributed by atoms with Gasteiger partial charge in [0, 0.05) is 5.39 Å². The number of fused-ring (bicyclic) bond motifs is 1. The average Bonchev–Trinajstić information content (AvgIpc) is 2.18. The molecule has 0 bridgehead atoms. The molecule has 0 heterocycles. The SMILES string of the molecule is C=Cc1ccc2c(O)cccc2c1. The van der Waals surface area contributed by atoms with Gasteiger partial charge in [-0.1, -0.05) is 36.9 Å². The minimum absolute atomic E-state index is 0.327. The number of benzene rings is 2. The van der Waals surface area contributed by atoms with Crippen LogP contribution in [0.15, 0.2) is 43.0 Å². The van der Waals surface area contributed by atoms with Gasteiger partial charge in [0.2, 0.25) is 0 Å². The molecule has 13 heavy (non-hydrogen) atoms. The first-order chi connectivity index (χ1) is 6.31. The molecule has 0 aromatic heterocycles. The summed E-state index contributed by atoms with van der Waals surface area (Å²) in [6, 6.07) is 11.3. The normalized spacial score (nSPS) is 10.2. The Hall–Kier alpha value is -1.76. The van der Waals surface area contributed by atoms with Crippen molar-refractivity contribution in [2.75, 3.05) is 0 Å². The molecule has 0 unspecified atom stereocenters. The second-order valence-electron chi connectivity index (χ2n) is 2.96. The van der Waals surface area contributed by atoms with Gasteiger partial charge in [0.25, 0.3) is 0 Å². The summed E-state index contributed by atoms with van der Waals surface area (Å²) in [4.78, 5) is 0. The maximum absolute atomic E-state index is 9.51. The highest BCUT2D eigenvalue weighted by Crippen LogP contribution is 2.25. The third kappa shape index (κ3) is 1.29. The zero-order valence-electron chi connectivity index (χ0n) is 7.20. The lowest BCUT2D eigenvalue weighted by Crippen LogP contribution is -1.75. The molecular formula is C12H10O. The Balaban J connectivity index is 2.79. The first-order valence-corrected chi connectivity index (χ1v) is 4.15. The van der Waals surface area contributed by atoms with Gasteiger partial charge in [-0.3, -0.25) is 0 Å². The van der Waals surface area contributed by atoms with E-state index in [4.69, 9.17) is 0 Å². The van der Waals surface area contributed by atoms with Crippen LogP contribution < -0.4 is 0 Å². The molecule has 0 amide bonds. The Morgan fingerprint density at radius 3 is 2.77 bits per heavy atom. The van der Waals surface area contributed by atoms with E-state index in [1.54, 1.807) is 12.1 Å². The highest BCUT2D eigenvalue weighted by atomic mass is 16.3. The second kappa shape index (κ2) is 2.94. The predicted molar refractivity (Wildman–Crippen MR) is 55.7 cm³/mol. The summed E-state index contributed by atoms with van der Waals surface area (Å²) in [5, 5.41) is 11.4. The van der Waals surface area contributed by atoms with Crippen molar-refractivity contribution in [1.29, 1.82) is 0 Å². The molecule has 64 valence electrons. The van der Waals surface area contributed by atoms with E-state index in [0.717, 1.165) is 16.3 Å². The molecule has 0 atom stereocenters. The zero-order valence-corrected chi connectivity index (χ0v) is 7.20. The van der Waals surface area contributed by atoms with Crippen molar-refractivity contribution < 1.29 is 5.11 Å². The fourth-order valence-corrected chi connectivity index (χ4v) is 1.41. The molecule has 0 spiro atoms. The van der Waals surface area contributed by atoms with Crippen LogP contribution in [0.4, 0.5) is 0 Å². The van der Waals surface area contributed by atoms with Gasteiger partial charge in [-0.25, -0.2) is 0 Å². The quantitative estimate of drug-likeness (QED) is 0.696. The summed E-state index contributed by atoms with van der Waals surface area (Å²) in [6.07, 6.45) is 1.80. The molecule has 1 heteroatoms. The van der Waals surface area contributed by atoms with E-state index in [9.17, 15) is 5.11 Å². The Morgan fingerprint density at radius 2 is 2.00 bits per heavy atom. The first-order valence-electron chi connectivity index (χ1n) is 4.15. The van der Waals surface area contributed by atoms with Crippen LogP contribution in [-0.4, -0.2) is 5.11 Å². The van der Waals surface area contributed by atoms with Crippen molar-refractivity contribution in [2.24, 2.45) is 0 Å². The summed E-state index contributed by atoms with van der Waals surface area (Å²) >= 11 is 0. The summed E-state index contributed by atoms with van der Waals surface area (Å²) < 4.78 is 0. The van der Waals surface area contributed by atoms with Crippen molar-refractivity contribution in [1.82, 2.24) is 0 Å². The van der Waals surface area contributed by atoms with E-state index in [1.807, 2.05) is 30.3 Å². The summed E-state index contributed by atoms with van der Waals surface area (Å²) in [7, 11) is 0. The minimum atomic E-state index is 0.327. The Kier molecular flexibility index (Phi) is 1.78. The average molecular weight is 170 g/mol. The fourth-order valence-electron chi connectivity index (χ4n) is 1.41. The molecule has 1 nitrogen and oxygen atoms in total. The van der Waals surface area contributed by atoms with Crippen LogP contribution in [0.3, 0.4) is 0 Å². The lowest BCUT2D eigenvalue weighted by Gasteiger charge is -2.01. The van der Waals surface area contributed by atoms with E-state index >= 15 is 0 Å². The van der Waals surface area contributed by atoms with Gasteiger partial charge in [-0.2, -0.15) is 0 Å². The van der Waals surface area contributed by atoms with Gasteiger partial charge >= 0.3 is 0 Å². The minimum Gasteiger partial charge on any atom is -0.507 e. The van der Waals surface area contributed by atoms with Crippen LogP contribution >= 0.6 is 0 Å². The van der Waals surface area contributed by atoms with Crippen LogP contribution in [0.5, 0.6) is 5.75 Å².